The summed E-state index contributed by atoms with van der Waals surface area (Å²) in [6, 6.07) is 2.61. The topological polar surface area (TPSA) is 41.6 Å². The first-order valence-electron chi connectivity index (χ1n) is 7.14. The van der Waals surface area contributed by atoms with E-state index in [0.29, 0.717) is 0 Å². The summed E-state index contributed by atoms with van der Waals surface area (Å²) in [4.78, 5) is 0. The number of nitrogens with zero attached hydrogens (tertiary/aromatic N) is 3. The van der Waals surface area contributed by atoms with Gasteiger partial charge in [-0.25, -0.2) is 0 Å². The number of halogens is 1. The Balaban J connectivity index is 2.26. The highest BCUT2D eigenvalue weighted by atomic mass is 79.9. The molecular weight excluding hydrogens is 302 g/mol. The van der Waals surface area contributed by atoms with Crippen molar-refractivity contribution >= 4 is 15.9 Å². The molecule has 1 heterocycles. The predicted octanol–water partition coefficient (Wildman–Crippen LogP) is 4.24. The number of rotatable bonds is 3. The van der Waals surface area contributed by atoms with Crippen molar-refractivity contribution in [2.24, 2.45) is 11.3 Å². The summed E-state index contributed by atoms with van der Waals surface area (Å²) in [7, 11) is 0. The molecule has 104 valence electrons. The Morgan fingerprint density at radius 2 is 2.11 bits per heavy atom. The molecule has 1 aliphatic rings. The third-order valence-electron chi connectivity index (χ3n) is 4.43. The van der Waals surface area contributed by atoms with E-state index in [0.717, 1.165) is 41.9 Å². The minimum absolute atomic E-state index is 0.186. The molecule has 1 aromatic heterocycles. The largest absolute Gasteiger partial charge is 0.268 e. The molecule has 0 aliphatic heterocycles. The van der Waals surface area contributed by atoms with Crippen molar-refractivity contribution in [2.45, 2.75) is 59.4 Å². The molecule has 0 aromatic carbocycles. The van der Waals surface area contributed by atoms with E-state index in [1.54, 1.807) is 0 Å². The molecule has 0 unspecified atom stereocenters. The number of nitriles is 1. The molecule has 3 nitrogen and oxygen atoms in total. The van der Waals surface area contributed by atoms with Crippen molar-refractivity contribution in [1.29, 1.82) is 5.26 Å². The van der Waals surface area contributed by atoms with E-state index >= 15 is 0 Å². The molecule has 1 saturated carbocycles. The maximum absolute atomic E-state index is 9.66. The normalized spacial score (nSPS) is 27.2. The molecule has 1 aliphatic carbocycles. The lowest BCUT2D eigenvalue weighted by Gasteiger charge is -2.33. The molecule has 2 rings (SSSR count). The van der Waals surface area contributed by atoms with Crippen molar-refractivity contribution in [3.63, 3.8) is 0 Å². The molecule has 0 amide bonds. The standard InChI is InChI=1S/C15H22BrN3/c1-4-19-13(14(16)12(3)18-19)9-15(10-17)7-5-11(2)6-8-15/h11H,4-9H2,1-3H3. The van der Waals surface area contributed by atoms with Crippen LogP contribution in [0.5, 0.6) is 0 Å². The van der Waals surface area contributed by atoms with Gasteiger partial charge in [-0.2, -0.15) is 10.4 Å². The van der Waals surface area contributed by atoms with Crippen LogP contribution < -0.4 is 0 Å². The van der Waals surface area contributed by atoms with Gasteiger partial charge in [0.15, 0.2) is 0 Å². The van der Waals surface area contributed by atoms with E-state index < -0.39 is 0 Å². The molecule has 0 radical (unpaired) electrons. The van der Waals surface area contributed by atoms with Gasteiger partial charge in [0.1, 0.15) is 0 Å². The zero-order valence-corrected chi connectivity index (χ0v) is 13.6. The van der Waals surface area contributed by atoms with Crippen molar-refractivity contribution in [3.05, 3.63) is 15.9 Å². The summed E-state index contributed by atoms with van der Waals surface area (Å²) in [6.07, 6.45) is 5.20. The average Bonchev–Trinajstić information content (AvgIpc) is 2.69. The molecule has 19 heavy (non-hydrogen) atoms. The van der Waals surface area contributed by atoms with Gasteiger partial charge in [-0.3, -0.25) is 4.68 Å². The van der Waals surface area contributed by atoms with Gasteiger partial charge in [-0.15, -0.1) is 0 Å². The number of aromatic nitrogens is 2. The lowest BCUT2D eigenvalue weighted by Crippen LogP contribution is -2.28. The van der Waals surface area contributed by atoms with Crippen molar-refractivity contribution in [3.8, 4) is 6.07 Å². The van der Waals surface area contributed by atoms with Gasteiger partial charge in [0.2, 0.25) is 0 Å². The van der Waals surface area contributed by atoms with Crippen LogP contribution in [-0.4, -0.2) is 9.78 Å². The molecular formula is C15H22BrN3. The average molecular weight is 324 g/mol. The first-order valence-corrected chi connectivity index (χ1v) is 7.93. The van der Waals surface area contributed by atoms with Gasteiger partial charge in [-0.05, 0) is 61.4 Å². The van der Waals surface area contributed by atoms with Crippen LogP contribution in [-0.2, 0) is 13.0 Å². The number of aryl methyl sites for hydroxylation is 2. The highest BCUT2D eigenvalue weighted by Gasteiger charge is 2.36. The summed E-state index contributed by atoms with van der Waals surface area (Å²) in [5, 5.41) is 14.2. The highest BCUT2D eigenvalue weighted by Crippen LogP contribution is 2.42. The van der Waals surface area contributed by atoms with E-state index in [4.69, 9.17) is 0 Å². The van der Waals surface area contributed by atoms with Gasteiger partial charge in [0.05, 0.1) is 27.3 Å². The Kier molecular flexibility index (Phi) is 4.35. The molecule has 0 atom stereocenters. The second-order valence-electron chi connectivity index (χ2n) is 5.91. The van der Waals surface area contributed by atoms with Gasteiger partial charge in [0.25, 0.3) is 0 Å². The Morgan fingerprint density at radius 1 is 1.47 bits per heavy atom. The van der Waals surface area contributed by atoms with Crippen LogP contribution in [0.1, 0.15) is 50.9 Å². The minimum atomic E-state index is -0.186. The summed E-state index contributed by atoms with van der Waals surface area (Å²) in [6.45, 7) is 7.27. The third kappa shape index (κ3) is 2.86. The van der Waals surface area contributed by atoms with Crippen molar-refractivity contribution in [1.82, 2.24) is 9.78 Å². The van der Waals surface area contributed by atoms with E-state index in [1.807, 2.05) is 11.6 Å². The van der Waals surface area contributed by atoms with E-state index in [-0.39, 0.29) is 5.41 Å². The molecule has 1 aromatic rings. The molecule has 4 heteroatoms. The van der Waals surface area contributed by atoms with Gasteiger partial charge < -0.3 is 0 Å². The first-order chi connectivity index (χ1) is 9.01. The summed E-state index contributed by atoms with van der Waals surface area (Å²) >= 11 is 3.64. The maximum Gasteiger partial charge on any atom is 0.0738 e. The van der Waals surface area contributed by atoms with E-state index in [2.05, 4.69) is 40.9 Å². The van der Waals surface area contributed by atoms with Gasteiger partial charge in [0, 0.05) is 13.0 Å². The monoisotopic (exact) mass is 323 g/mol. The summed E-state index contributed by atoms with van der Waals surface area (Å²) in [5.74, 6) is 0.766. The predicted molar refractivity (Wildman–Crippen MR) is 79.7 cm³/mol. The third-order valence-corrected chi connectivity index (χ3v) is 5.46. The number of hydrogen-bond donors (Lipinski definition) is 0. The molecule has 0 N–H and O–H groups in total. The molecule has 0 spiro atoms. The first kappa shape index (κ1) is 14.6. The second kappa shape index (κ2) is 5.66. The Hall–Kier alpha value is -0.820. The highest BCUT2D eigenvalue weighted by molar-refractivity contribution is 9.10. The maximum atomic E-state index is 9.66. The second-order valence-corrected chi connectivity index (χ2v) is 6.71. The molecule has 0 bridgehead atoms. The molecule has 1 fully saturated rings. The summed E-state index contributed by atoms with van der Waals surface area (Å²) < 4.78 is 3.12. The summed E-state index contributed by atoms with van der Waals surface area (Å²) in [5.41, 5.74) is 2.03. The Labute approximate surface area is 124 Å². The SMILES string of the molecule is CCn1nc(C)c(Br)c1CC1(C#N)CCC(C)CC1. The lowest BCUT2D eigenvalue weighted by molar-refractivity contribution is 0.215. The van der Waals surface area contributed by atoms with E-state index in [9.17, 15) is 5.26 Å². The fraction of sp³-hybridized carbons (Fsp3) is 0.733. The lowest BCUT2D eigenvalue weighted by atomic mass is 9.69. The Bertz CT molecular complexity index is 490. The fourth-order valence-electron chi connectivity index (χ4n) is 3.00. The van der Waals surface area contributed by atoms with E-state index in [1.165, 1.54) is 18.5 Å². The van der Waals surface area contributed by atoms with Crippen LogP contribution in [0.3, 0.4) is 0 Å². The van der Waals surface area contributed by atoms with Crippen LogP contribution in [0.15, 0.2) is 4.47 Å². The quantitative estimate of drug-likeness (QED) is 0.834. The van der Waals surface area contributed by atoms with Crippen LogP contribution in [0, 0.1) is 29.6 Å². The zero-order chi connectivity index (χ0) is 14.0. The van der Waals surface area contributed by atoms with Crippen LogP contribution in [0.2, 0.25) is 0 Å². The van der Waals surface area contributed by atoms with Gasteiger partial charge in [-0.1, -0.05) is 6.92 Å². The Morgan fingerprint density at radius 3 is 2.63 bits per heavy atom. The van der Waals surface area contributed by atoms with Crippen LogP contribution >= 0.6 is 15.9 Å². The minimum Gasteiger partial charge on any atom is -0.268 e. The zero-order valence-electron chi connectivity index (χ0n) is 12.0. The van der Waals surface area contributed by atoms with Crippen LogP contribution in [0.25, 0.3) is 0 Å². The molecule has 0 saturated heterocycles. The smallest absolute Gasteiger partial charge is 0.0738 e. The van der Waals surface area contributed by atoms with Crippen LogP contribution in [0.4, 0.5) is 0 Å². The van der Waals surface area contributed by atoms with Crippen molar-refractivity contribution in [2.75, 3.05) is 0 Å². The van der Waals surface area contributed by atoms with Crippen molar-refractivity contribution < 1.29 is 0 Å². The van der Waals surface area contributed by atoms with Gasteiger partial charge >= 0.3 is 0 Å². The fourth-order valence-corrected chi connectivity index (χ4v) is 3.43. The number of hydrogen-bond acceptors (Lipinski definition) is 2.